The van der Waals surface area contributed by atoms with Crippen molar-refractivity contribution in [3.63, 3.8) is 0 Å². The maximum absolute atomic E-state index is 4.45. The first-order valence-electron chi connectivity index (χ1n) is 8.38. The van der Waals surface area contributed by atoms with E-state index in [1.807, 2.05) is 25.3 Å². The zero-order valence-electron chi connectivity index (χ0n) is 13.8. The molecule has 1 aliphatic rings. The van der Waals surface area contributed by atoms with E-state index in [1.54, 1.807) is 6.33 Å². The molecule has 4 rings (SSSR count). The second kappa shape index (κ2) is 6.53. The van der Waals surface area contributed by atoms with Gasteiger partial charge in [0.1, 0.15) is 12.1 Å². The molecular formula is C19H21N5. The molecule has 5 heteroatoms. The van der Waals surface area contributed by atoms with E-state index >= 15 is 0 Å². The van der Waals surface area contributed by atoms with Gasteiger partial charge in [0, 0.05) is 49.0 Å². The highest BCUT2D eigenvalue weighted by molar-refractivity contribution is 5.81. The number of nitrogens with zero attached hydrogens (tertiary/aromatic N) is 4. The van der Waals surface area contributed by atoms with Crippen LogP contribution < -0.4 is 5.32 Å². The molecule has 24 heavy (non-hydrogen) atoms. The number of rotatable bonds is 4. The van der Waals surface area contributed by atoms with Crippen molar-refractivity contribution in [2.45, 2.75) is 25.9 Å². The normalized spacial score (nSPS) is 18.1. The second-order valence-electron chi connectivity index (χ2n) is 6.40. The predicted octanol–water partition coefficient (Wildman–Crippen LogP) is 3.02. The number of likely N-dealkylation sites (tertiary alicyclic amines) is 1. The van der Waals surface area contributed by atoms with Crippen LogP contribution in [0.15, 0.2) is 48.9 Å². The molecule has 1 fully saturated rings. The van der Waals surface area contributed by atoms with Crippen molar-refractivity contribution in [2.24, 2.45) is 0 Å². The molecular weight excluding hydrogens is 298 g/mol. The Morgan fingerprint density at radius 3 is 3.00 bits per heavy atom. The van der Waals surface area contributed by atoms with E-state index in [2.05, 4.69) is 49.4 Å². The van der Waals surface area contributed by atoms with E-state index in [4.69, 9.17) is 0 Å². The summed E-state index contributed by atoms with van der Waals surface area (Å²) in [6.45, 7) is 5.07. The molecule has 3 aromatic rings. The number of nitrogens with one attached hydrogen (secondary N) is 1. The van der Waals surface area contributed by atoms with Crippen LogP contribution in [-0.4, -0.2) is 39.0 Å². The van der Waals surface area contributed by atoms with Crippen molar-refractivity contribution in [2.75, 3.05) is 18.4 Å². The average molecular weight is 319 g/mol. The smallest absolute Gasteiger partial charge is 0.129 e. The van der Waals surface area contributed by atoms with Gasteiger partial charge in [0.15, 0.2) is 0 Å². The monoisotopic (exact) mass is 319 g/mol. The van der Waals surface area contributed by atoms with Crippen molar-refractivity contribution in [3.05, 3.63) is 60.2 Å². The van der Waals surface area contributed by atoms with Gasteiger partial charge in [-0.25, -0.2) is 9.97 Å². The fourth-order valence-electron chi connectivity index (χ4n) is 3.37. The van der Waals surface area contributed by atoms with Gasteiger partial charge in [-0.3, -0.25) is 9.88 Å². The average Bonchev–Trinajstić information content (AvgIpc) is 3.02. The maximum Gasteiger partial charge on any atom is 0.129 e. The van der Waals surface area contributed by atoms with Crippen molar-refractivity contribution in [1.82, 2.24) is 19.9 Å². The van der Waals surface area contributed by atoms with Gasteiger partial charge in [0.25, 0.3) is 0 Å². The fourth-order valence-corrected chi connectivity index (χ4v) is 3.37. The van der Waals surface area contributed by atoms with Gasteiger partial charge in [-0.15, -0.1) is 0 Å². The van der Waals surface area contributed by atoms with Gasteiger partial charge in [-0.05, 0) is 31.0 Å². The molecule has 0 spiro atoms. The first-order valence-corrected chi connectivity index (χ1v) is 8.38. The Morgan fingerprint density at radius 2 is 2.08 bits per heavy atom. The second-order valence-corrected chi connectivity index (χ2v) is 6.40. The van der Waals surface area contributed by atoms with Crippen LogP contribution >= 0.6 is 0 Å². The highest BCUT2D eigenvalue weighted by Crippen LogP contribution is 2.21. The molecule has 5 nitrogen and oxygen atoms in total. The van der Waals surface area contributed by atoms with E-state index < -0.39 is 0 Å². The van der Waals surface area contributed by atoms with Crippen LogP contribution in [0.3, 0.4) is 0 Å². The van der Waals surface area contributed by atoms with Gasteiger partial charge >= 0.3 is 0 Å². The Bertz CT molecular complexity index is 843. The van der Waals surface area contributed by atoms with Crippen LogP contribution in [0.2, 0.25) is 0 Å². The molecule has 1 unspecified atom stereocenters. The van der Waals surface area contributed by atoms with Gasteiger partial charge in [-0.1, -0.05) is 18.2 Å². The minimum absolute atomic E-state index is 0.437. The summed E-state index contributed by atoms with van der Waals surface area (Å²) in [6.07, 6.45) is 4.66. The van der Waals surface area contributed by atoms with E-state index in [9.17, 15) is 0 Å². The highest BCUT2D eigenvalue weighted by atomic mass is 15.2. The molecule has 1 atom stereocenters. The maximum atomic E-state index is 4.45. The molecule has 1 aromatic carbocycles. The summed E-state index contributed by atoms with van der Waals surface area (Å²) in [6, 6.07) is 12.9. The van der Waals surface area contributed by atoms with Crippen LogP contribution in [0, 0.1) is 6.92 Å². The lowest BCUT2D eigenvalue weighted by atomic mass is 10.1. The van der Waals surface area contributed by atoms with Gasteiger partial charge in [0.2, 0.25) is 0 Å². The number of para-hydroxylation sites is 1. The van der Waals surface area contributed by atoms with Crippen molar-refractivity contribution in [1.29, 1.82) is 0 Å². The first-order chi connectivity index (χ1) is 11.8. The molecule has 1 aliphatic heterocycles. The lowest BCUT2D eigenvalue weighted by molar-refractivity contribution is 0.330. The van der Waals surface area contributed by atoms with E-state index in [1.165, 1.54) is 10.9 Å². The van der Waals surface area contributed by atoms with Crippen LogP contribution in [0.4, 0.5) is 5.82 Å². The summed E-state index contributed by atoms with van der Waals surface area (Å²) in [5, 5.41) is 4.78. The van der Waals surface area contributed by atoms with Gasteiger partial charge in [0.05, 0.1) is 5.52 Å². The SMILES string of the molecule is Cc1cc(NC2CCN(Cc3ccnc4ccccc34)C2)ncn1. The molecule has 122 valence electrons. The number of aryl methyl sites for hydroxylation is 1. The minimum atomic E-state index is 0.437. The number of hydrogen-bond donors (Lipinski definition) is 1. The van der Waals surface area contributed by atoms with Gasteiger partial charge < -0.3 is 5.32 Å². The molecule has 0 aliphatic carbocycles. The highest BCUT2D eigenvalue weighted by Gasteiger charge is 2.23. The van der Waals surface area contributed by atoms with Crippen LogP contribution in [-0.2, 0) is 6.54 Å². The van der Waals surface area contributed by atoms with Gasteiger partial charge in [-0.2, -0.15) is 0 Å². The lowest BCUT2D eigenvalue weighted by Crippen LogP contribution is -2.26. The summed E-state index contributed by atoms with van der Waals surface area (Å²) in [4.78, 5) is 15.4. The Balaban J connectivity index is 1.43. The summed E-state index contributed by atoms with van der Waals surface area (Å²) in [5.74, 6) is 0.920. The van der Waals surface area contributed by atoms with Crippen LogP contribution in [0.5, 0.6) is 0 Å². The number of benzene rings is 1. The molecule has 0 saturated carbocycles. The van der Waals surface area contributed by atoms with E-state index in [-0.39, 0.29) is 0 Å². The topological polar surface area (TPSA) is 53.9 Å². The van der Waals surface area contributed by atoms with E-state index in [0.717, 1.165) is 43.1 Å². The minimum Gasteiger partial charge on any atom is -0.366 e. The molecule has 3 heterocycles. The number of fused-ring (bicyclic) bond motifs is 1. The third-order valence-corrected chi connectivity index (χ3v) is 4.56. The number of aromatic nitrogens is 3. The third kappa shape index (κ3) is 3.21. The Morgan fingerprint density at radius 1 is 1.17 bits per heavy atom. The fraction of sp³-hybridized carbons (Fsp3) is 0.316. The zero-order chi connectivity index (χ0) is 16.4. The summed E-state index contributed by atoms with van der Waals surface area (Å²) < 4.78 is 0. The van der Waals surface area contributed by atoms with Crippen molar-refractivity contribution < 1.29 is 0 Å². The summed E-state index contributed by atoms with van der Waals surface area (Å²) in [7, 11) is 0. The molecule has 0 amide bonds. The zero-order valence-corrected chi connectivity index (χ0v) is 13.8. The van der Waals surface area contributed by atoms with Crippen LogP contribution in [0.25, 0.3) is 10.9 Å². The number of hydrogen-bond acceptors (Lipinski definition) is 5. The quantitative estimate of drug-likeness (QED) is 0.801. The standard InChI is InChI=1S/C19H21N5/c1-14-10-19(22-13-21-14)23-16-7-9-24(12-16)11-15-6-8-20-18-5-3-2-4-17(15)18/h2-6,8,10,13,16H,7,9,11-12H2,1H3,(H,21,22,23). The summed E-state index contributed by atoms with van der Waals surface area (Å²) >= 11 is 0. The number of pyridine rings is 1. The van der Waals surface area contributed by atoms with Crippen molar-refractivity contribution >= 4 is 16.7 Å². The lowest BCUT2D eigenvalue weighted by Gasteiger charge is -2.18. The van der Waals surface area contributed by atoms with Crippen molar-refractivity contribution in [3.8, 4) is 0 Å². The molecule has 1 saturated heterocycles. The summed E-state index contributed by atoms with van der Waals surface area (Å²) in [5.41, 5.74) is 3.41. The van der Waals surface area contributed by atoms with E-state index in [0.29, 0.717) is 6.04 Å². The Labute approximate surface area is 141 Å². The molecule has 0 radical (unpaired) electrons. The molecule has 2 aromatic heterocycles. The Hall–Kier alpha value is -2.53. The Kier molecular flexibility index (Phi) is 4.09. The first kappa shape index (κ1) is 15.0. The molecule has 0 bridgehead atoms. The predicted molar refractivity (Wildman–Crippen MR) is 95.8 cm³/mol. The molecule has 1 N–H and O–H groups in total. The largest absolute Gasteiger partial charge is 0.366 e. The third-order valence-electron chi connectivity index (χ3n) is 4.56. The number of anilines is 1. The van der Waals surface area contributed by atoms with Crippen LogP contribution in [0.1, 0.15) is 17.7 Å².